The third-order valence-corrected chi connectivity index (χ3v) is 2.90. The lowest BCUT2D eigenvalue weighted by atomic mass is 10.2. The number of ether oxygens (including phenoxy) is 2. The third-order valence-electron chi connectivity index (χ3n) is 2.90. The number of halogens is 1. The smallest absolute Gasteiger partial charge is 0.260 e. The number of para-hydroxylation sites is 1. The first-order valence-corrected chi connectivity index (χ1v) is 6.95. The fourth-order valence-corrected chi connectivity index (χ4v) is 1.82. The average molecular weight is 298 g/mol. The number of hydrogen-bond acceptors (Lipinski definition) is 4. The van der Waals surface area contributed by atoms with Crippen LogP contribution in [0.2, 0.25) is 0 Å². The van der Waals surface area contributed by atoms with Crippen molar-refractivity contribution < 1.29 is 18.7 Å². The molecule has 1 amide bonds. The van der Waals surface area contributed by atoms with Crippen LogP contribution in [0.1, 0.15) is 18.9 Å². The molecule has 0 spiro atoms. The molecule has 6 heteroatoms. The van der Waals surface area contributed by atoms with Crippen LogP contribution in [0.5, 0.6) is 5.75 Å². The fourth-order valence-electron chi connectivity index (χ4n) is 1.82. The number of carbonyl (C=O) groups excluding carboxylic acids is 1. The van der Waals surface area contributed by atoms with Gasteiger partial charge in [-0.15, -0.1) is 0 Å². The van der Waals surface area contributed by atoms with E-state index < -0.39 is 11.9 Å². The Hall–Kier alpha value is -1.66. The van der Waals surface area contributed by atoms with E-state index in [4.69, 9.17) is 9.47 Å². The Kier molecular flexibility index (Phi) is 7.71. The number of carbonyl (C=O) groups is 1. The first-order valence-electron chi connectivity index (χ1n) is 6.95. The molecule has 5 nitrogen and oxygen atoms in total. The lowest BCUT2D eigenvalue weighted by Gasteiger charge is -2.17. The average Bonchev–Trinajstić information content (AvgIpc) is 2.47. The number of amides is 1. The van der Waals surface area contributed by atoms with Gasteiger partial charge in [-0.25, -0.2) is 4.39 Å². The number of methoxy groups -OCH3 is 1. The molecule has 21 heavy (non-hydrogen) atoms. The summed E-state index contributed by atoms with van der Waals surface area (Å²) < 4.78 is 24.2. The van der Waals surface area contributed by atoms with Gasteiger partial charge in [-0.1, -0.05) is 12.1 Å². The standard InChI is InChI=1S/C15H23FN2O3/c1-11(15(19)18-8-5-9-20-3)21-14-12(10-17-2)6-4-7-13(14)16/h4,6-7,11,17H,5,8-10H2,1-3H3,(H,18,19). The van der Waals surface area contributed by atoms with Crippen molar-refractivity contribution in [3.63, 3.8) is 0 Å². The second-order valence-corrected chi connectivity index (χ2v) is 4.66. The molecule has 2 N–H and O–H groups in total. The Labute approximate surface area is 124 Å². The molecule has 0 saturated heterocycles. The van der Waals surface area contributed by atoms with Gasteiger partial charge in [-0.2, -0.15) is 0 Å². The summed E-state index contributed by atoms with van der Waals surface area (Å²) in [4.78, 5) is 11.9. The minimum Gasteiger partial charge on any atom is -0.477 e. The minimum atomic E-state index is -0.764. The fraction of sp³-hybridized carbons (Fsp3) is 0.533. The van der Waals surface area contributed by atoms with Crippen molar-refractivity contribution in [2.75, 3.05) is 27.3 Å². The summed E-state index contributed by atoms with van der Waals surface area (Å²) in [6.07, 6.45) is -0.0420. The third kappa shape index (κ3) is 5.69. The van der Waals surface area contributed by atoms with Gasteiger partial charge in [0.05, 0.1) is 0 Å². The van der Waals surface area contributed by atoms with Crippen molar-refractivity contribution in [2.45, 2.75) is 26.0 Å². The lowest BCUT2D eigenvalue weighted by molar-refractivity contribution is -0.127. The summed E-state index contributed by atoms with van der Waals surface area (Å²) in [5, 5.41) is 5.67. The Morgan fingerprint density at radius 3 is 2.86 bits per heavy atom. The van der Waals surface area contributed by atoms with E-state index in [1.54, 1.807) is 33.2 Å². The van der Waals surface area contributed by atoms with Crippen LogP contribution in [-0.2, 0) is 16.1 Å². The van der Waals surface area contributed by atoms with Crippen molar-refractivity contribution in [1.82, 2.24) is 10.6 Å². The van der Waals surface area contributed by atoms with Crippen LogP contribution in [0.25, 0.3) is 0 Å². The van der Waals surface area contributed by atoms with Crippen molar-refractivity contribution in [1.29, 1.82) is 0 Å². The van der Waals surface area contributed by atoms with Crippen LogP contribution < -0.4 is 15.4 Å². The Morgan fingerprint density at radius 1 is 1.43 bits per heavy atom. The van der Waals surface area contributed by atoms with E-state index in [1.807, 2.05) is 0 Å². The van der Waals surface area contributed by atoms with Crippen molar-refractivity contribution in [2.24, 2.45) is 0 Å². The van der Waals surface area contributed by atoms with Crippen molar-refractivity contribution in [3.8, 4) is 5.75 Å². The lowest BCUT2D eigenvalue weighted by Crippen LogP contribution is -2.37. The van der Waals surface area contributed by atoms with Crippen LogP contribution in [0, 0.1) is 5.82 Å². The van der Waals surface area contributed by atoms with E-state index in [0.29, 0.717) is 25.3 Å². The number of nitrogens with one attached hydrogen (secondary N) is 2. The van der Waals surface area contributed by atoms with Crippen LogP contribution in [-0.4, -0.2) is 39.3 Å². The molecule has 1 aromatic rings. The monoisotopic (exact) mass is 298 g/mol. The Bertz CT molecular complexity index is 455. The summed E-state index contributed by atoms with van der Waals surface area (Å²) >= 11 is 0. The molecule has 1 unspecified atom stereocenters. The summed E-state index contributed by atoms with van der Waals surface area (Å²) in [6.45, 7) is 3.15. The molecule has 118 valence electrons. The van der Waals surface area contributed by atoms with Crippen LogP contribution >= 0.6 is 0 Å². The SMILES string of the molecule is CNCc1cccc(F)c1OC(C)C(=O)NCCCOC. The quantitative estimate of drug-likeness (QED) is 0.678. The molecule has 0 bridgehead atoms. The zero-order chi connectivity index (χ0) is 15.7. The highest BCUT2D eigenvalue weighted by atomic mass is 19.1. The van der Waals surface area contributed by atoms with Gasteiger partial charge in [-0.3, -0.25) is 4.79 Å². The van der Waals surface area contributed by atoms with E-state index in [-0.39, 0.29) is 11.7 Å². The highest BCUT2D eigenvalue weighted by molar-refractivity contribution is 5.80. The van der Waals surface area contributed by atoms with E-state index in [9.17, 15) is 9.18 Å². The van der Waals surface area contributed by atoms with Crippen LogP contribution in [0.4, 0.5) is 4.39 Å². The second kappa shape index (κ2) is 9.31. The number of rotatable bonds is 9. The Morgan fingerprint density at radius 2 is 2.19 bits per heavy atom. The predicted molar refractivity (Wildman–Crippen MR) is 78.8 cm³/mol. The van der Waals surface area contributed by atoms with E-state index in [1.165, 1.54) is 6.07 Å². The van der Waals surface area contributed by atoms with Gasteiger partial charge in [0.25, 0.3) is 5.91 Å². The molecule has 1 atom stereocenters. The summed E-state index contributed by atoms with van der Waals surface area (Å²) in [6, 6.07) is 4.69. The largest absolute Gasteiger partial charge is 0.477 e. The predicted octanol–water partition coefficient (Wildman–Crippen LogP) is 1.47. The number of benzene rings is 1. The molecule has 0 aromatic heterocycles. The van der Waals surface area contributed by atoms with Crippen LogP contribution in [0.3, 0.4) is 0 Å². The molecular formula is C15H23FN2O3. The maximum Gasteiger partial charge on any atom is 0.260 e. The van der Waals surface area contributed by atoms with Gasteiger partial charge >= 0.3 is 0 Å². The van der Waals surface area contributed by atoms with Gasteiger partial charge < -0.3 is 20.1 Å². The highest BCUT2D eigenvalue weighted by Crippen LogP contribution is 2.23. The van der Waals surface area contributed by atoms with Gasteiger partial charge in [0, 0.05) is 32.4 Å². The molecular weight excluding hydrogens is 275 g/mol. The molecule has 0 saturated carbocycles. The first-order chi connectivity index (χ1) is 10.1. The van der Waals surface area contributed by atoms with Crippen molar-refractivity contribution in [3.05, 3.63) is 29.6 Å². The van der Waals surface area contributed by atoms with E-state index in [2.05, 4.69) is 10.6 Å². The molecule has 1 aromatic carbocycles. The summed E-state index contributed by atoms with van der Waals surface area (Å²) in [7, 11) is 3.37. The topological polar surface area (TPSA) is 59.6 Å². The van der Waals surface area contributed by atoms with E-state index in [0.717, 1.165) is 6.42 Å². The highest BCUT2D eigenvalue weighted by Gasteiger charge is 2.18. The summed E-state index contributed by atoms with van der Waals surface area (Å²) in [5.41, 5.74) is 0.677. The number of hydrogen-bond donors (Lipinski definition) is 2. The molecule has 0 radical (unpaired) electrons. The van der Waals surface area contributed by atoms with Crippen molar-refractivity contribution >= 4 is 5.91 Å². The van der Waals surface area contributed by atoms with E-state index >= 15 is 0 Å². The molecule has 0 heterocycles. The molecule has 1 rings (SSSR count). The van der Waals surface area contributed by atoms with Gasteiger partial charge in [0.2, 0.25) is 0 Å². The maximum atomic E-state index is 13.8. The molecule has 0 aliphatic heterocycles. The molecule has 0 fully saturated rings. The van der Waals surface area contributed by atoms with Crippen LogP contribution in [0.15, 0.2) is 18.2 Å². The van der Waals surface area contributed by atoms with Gasteiger partial charge in [-0.05, 0) is 26.5 Å². The normalized spacial score (nSPS) is 12.0. The minimum absolute atomic E-state index is 0.117. The maximum absolute atomic E-state index is 13.8. The Balaban J connectivity index is 2.61. The van der Waals surface area contributed by atoms with Gasteiger partial charge in [0.1, 0.15) is 0 Å². The van der Waals surface area contributed by atoms with Gasteiger partial charge in [0.15, 0.2) is 17.7 Å². The second-order valence-electron chi connectivity index (χ2n) is 4.66. The zero-order valence-corrected chi connectivity index (χ0v) is 12.7. The zero-order valence-electron chi connectivity index (χ0n) is 12.7. The molecule has 0 aliphatic rings. The molecule has 0 aliphatic carbocycles. The first kappa shape index (κ1) is 17.4. The summed E-state index contributed by atoms with van der Waals surface area (Å²) in [5.74, 6) is -0.627.